The minimum absolute atomic E-state index is 0.0931. The summed E-state index contributed by atoms with van der Waals surface area (Å²) in [6.07, 6.45) is 3.39. The largest absolute Gasteiger partial charge is 0.507 e. The van der Waals surface area contributed by atoms with Gasteiger partial charge >= 0.3 is 17.9 Å². The van der Waals surface area contributed by atoms with E-state index in [4.69, 9.17) is 14.9 Å². The van der Waals surface area contributed by atoms with Gasteiger partial charge in [0.15, 0.2) is 0 Å². The molecule has 0 bridgehead atoms. The number of phenolic OH excluding ortho intramolecular Hbond substituents is 3. The number of aliphatic carboxylic acids is 2. The molecule has 0 saturated heterocycles. The summed E-state index contributed by atoms with van der Waals surface area (Å²) in [5, 5.41) is 48.4. The van der Waals surface area contributed by atoms with Crippen LogP contribution in [0.15, 0.2) is 86.5 Å². The van der Waals surface area contributed by atoms with Gasteiger partial charge in [-0.05, 0) is 85.3 Å². The predicted octanol–water partition coefficient (Wildman–Crippen LogP) is 15.2. The molecule has 4 aromatic carbocycles. The number of rotatable bonds is 8. The van der Waals surface area contributed by atoms with E-state index in [2.05, 4.69) is 202 Å². The van der Waals surface area contributed by atoms with Gasteiger partial charge in [0.25, 0.3) is 0 Å². The van der Waals surface area contributed by atoms with Gasteiger partial charge in [0.2, 0.25) is 0 Å². The van der Waals surface area contributed by atoms with E-state index in [1.807, 2.05) is 12.1 Å². The molecular formula is C62H88O9. The van der Waals surface area contributed by atoms with Crippen molar-refractivity contribution in [1.29, 1.82) is 0 Å². The third-order valence-corrected chi connectivity index (χ3v) is 11.9. The van der Waals surface area contributed by atoms with Crippen molar-refractivity contribution >= 4 is 17.9 Å². The van der Waals surface area contributed by atoms with Crippen molar-refractivity contribution < 1.29 is 44.7 Å². The molecule has 0 spiro atoms. The van der Waals surface area contributed by atoms with Gasteiger partial charge in [-0.25, -0.2) is 14.4 Å². The average Bonchev–Trinajstić information content (AvgIpc) is 3.21. The Morgan fingerprint density at radius 1 is 0.479 bits per heavy atom. The van der Waals surface area contributed by atoms with Crippen LogP contribution in [0.4, 0.5) is 0 Å². The number of hydrogen-bond donors (Lipinski definition) is 5. The van der Waals surface area contributed by atoms with Crippen LogP contribution in [0.3, 0.4) is 0 Å². The van der Waals surface area contributed by atoms with Crippen molar-refractivity contribution in [1.82, 2.24) is 0 Å². The molecule has 0 saturated carbocycles. The summed E-state index contributed by atoms with van der Waals surface area (Å²) >= 11 is 0. The summed E-state index contributed by atoms with van der Waals surface area (Å²) in [5.74, 6) is -1.11. The molecule has 0 radical (unpaired) electrons. The molecule has 9 heteroatoms. The van der Waals surface area contributed by atoms with E-state index in [9.17, 15) is 29.7 Å². The Hall–Kier alpha value is -6.09. The van der Waals surface area contributed by atoms with Gasteiger partial charge < -0.3 is 30.3 Å². The Morgan fingerprint density at radius 3 is 1.08 bits per heavy atom. The molecule has 0 aliphatic carbocycles. The number of phenols is 3. The van der Waals surface area contributed by atoms with Crippen LogP contribution in [0, 0.1) is 13.8 Å². The number of benzene rings is 4. The smallest absolute Gasteiger partial charge is 0.335 e. The lowest BCUT2D eigenvalue weighted by molar-refractivity contribution is -0.132. The number of hydrogen-bond acceptors (Lipinski definition) is 7. The van der Waals surface area contributed by atoms with Crippen LogP contribution in [0.2, 0.25) is 0 Å². The highest BCUT2D eigenvalue weighted by Crippen LogP contribution is 2.47. The summed E-state index contributed by atoms with van der Waals surface area (Å²) < 4.78 is 5.96. The Balaban J connectivity index is 0.000000619. The highest BCUT2D eigenvalue weighted by Gasteiger charge is 2.33. The number of esters is 1. The molecule has 5 N–H and O–H groups in total. The van der Waals surface area contributed by atoms with Gasteiger partial charge in [-0.3, -0.25) is 0 Å². The van der Waals surface area contributed by atoms with Crippen molar-refractivity contribution in [2.24, 2.45) is 0 Å². The van der Waals surface area contributed by atoms with Crippen LogP contribution in [0.1, 0.15) is 204 Å². The molecule has 71 heavy (non-hydrogen) atoms. The molecule has 0 aromatic heterocycles. The van der Waals surface area contributed by atoms with E-state index < -0.39 is 17.9 Å². The Bertz CT molecular complexity index is 2480. The standard InChI is InChI=1S/C33H48O3.C23H32O2.2C3H4O2/c1-15-27(34)36-29-24(17-22(31(6,7)8)19-26(29)33(12,13)14)20(2)23-16-21(30(3,4)5)18-25(28(23)35)32(9,10)11;1-14-9-16(20(24)18(11-14)22(3,4)5)13-17-10-15(2)12-19(21(17)25)23(6,7)8;2*1-2-3(4)5/h15-20,35H,1H2,2-14H3;9-12,24-25H,13H2,1-8H3;2*2H,1H2,(H,4,5). The quantitative estimate of drug-likeness (QED) is 0.0657. The zero-order valence-electron chi connectivity index (χ0n) is 47.1. The molecule has 4 aromatic rings. The van der Waals surface area contributed by atoms with Gasteiger partial charge in [-0.1, -0.05) is 211 Å². The number of carboxylic acids is 2. The first-order chi connectivity index (χ1) is 31.9. The Labute approximate surface area is 427 Å². The number of aryl methyl sites for hydroxylation is 2. The number of carboxylic acid groups (broad SMARTS) is 2. The fourth-order valence-corrected chi connectivity index (χ4v) is 7.70. The molecule has 390 valence electrons. The lowest BCUT2D eigenvalue weighted by Gasteiger charge is -2.32. The van der Waals surface area contributed by atoms with Crippen LogP contribution >= 0.6 is 0 Å². The van der Waals surface area contributed by atoms with E-state index in [-0.39, 0.29) is 38.4 Å². The number of ether oxygens (including phenoxy) is 1. The van der Waals surface area contributed by atoms with E-state index >= 15 is 0 Å². The van der Waals surface area contributed by atoms with Gasteiger partial charge in [0.1, 0.15) is 23.0 Å². The third kappa shape index (κ3) is 18.2. The van der Waals surface area contributed by atoms with E-state index in [1.54, 1.807) is 0 Å². The maximum absolute atomic E-state index is 12.5. The van der Waals surface area contributed by atoms with Crippen LogP contribution in [0.5, 0.6) is 23.0 Å². The predicted molar refractivity (Wildman–Crippen MR) is 294 cm³/mol. The van der Waals surface area contributed by atoms with Crippen molar-refractivity contribution in [2.45, 2.75) is 190 Å². The molecule has 0 aliphatic rings. The summed E-state index contributed by atoms with van der Waals surface area (Å²) in [6, 6.07) is 16.7. The first-order valence-electron chi connectivity index (χ1n) is 24.2. The normalized spacial score (nSPS) is 12.4. The number of carbonyl (C=O) groups excluding carboxylic acids is 1. The topological polar surface area (TPSA) is 162 Å². The molecule has 1 atom stereocenters. The lowest BCUT2D eigenvalue weighted by atomic mass is 9.74. The highest BCUT2D eigenvalue weighted by atomic mass is 16.5. The summed E-state index contributed by atoms with van der Waals surface area (Å²) in [5.41, 5.74) is 10.9. The van der Waals surface area contributed by atoms with Crippen LogP contribution in [0.25, 0.3) is 0 Å². The second-order valence-electron chi connectivity index (χ2n) is 24.7. The second-order valence-corrected chi connectivity index (χ2v) is 24.7. The van der Waals surface area contributed by atoms with Gasteiger partial charge in [-0.15, -0.1) is 0 Å². The molecule has 0 heterocycles. The van der Waals surface area contributed by atoms with Crippen molar-refractivity contribution in [3.8, 4) is 23.0 Å². The van der Waals surface area contributed by atoms with Gasteiger partial charge in [0, 0.05) is 47.3 Å². The average molecular weight is 977 g/mol. The van der Waals surface area contributed by atoms with E-state index in [0.29, 0.717) is 29.4 Å². The van der Waals surface area contributed by atoms with Gasteiger partial charge in [-0.2, -0.15) is 0 Å². The SMILES string of the molecule is C=CC(=O)O.C=CC(=O)O.C=CC(=O)Oc1c(C(C)c2cc(C(C)(C)C)cc(C(C)(C)C)c2O)cc(C(C)(C)C)cc1C(C)(C)C.Cc1cc(Cc2cc(C)cc(C(C)(C)C)c2O)c(O)c(C(C)(C)C)c1. The minimum Gasteiger partial charge on any atom is -0.507 e. The van der Waals surface area contributed by atoms with Gasteiger partial charge in [0.05, 0.1) is 0 Å². The maximum atomic E-state index is 12.5. The maximum Gasteiger partial charge on any atom is 0.335 e. The third-order valence-electron chi connectivity index (χ3n) is 11.9. The lowest BCUT2D eigenvalue weighted by Crippen LogP contribution is -2.22. The number of aromatic hydroxyl groups is 3. The van der Waals surface area contributed by atoms with Crippen molar-refractivity contribution in [3.63, 3.8) is 0 Å². The van der Waals surface area contributed by atoms with Crippen LogP contribution in [-0.4, -0.2) is 43.4 Å². The molecule has 0 amide bonds. The molecule has 0 fully saturated rings. The zero-order valence-corrected chi connectivity index (χ0v) is 47.1. The fraction of sp³-hybridized carbons (Fsp3) is 0.468. The van der Waals surface area contributed by atoms with Crippen LogP contribution < -0.4 is 4.74 Å². The highest BCUT2D eigenvalue weighted by molar-refractivity contribution is 5.84. The summed E-state index contributed by atoms with van der Waals surface area (Å²) in [4.78, 5) is 31.0. The first kappa shape index (κ1) is 62.9. The zero-order chi connectivity index (χ0) is 55.7. The van der Waals surface area contributed by atoms with Crippen molar-refractivity contribution in [2.75, 3.05) is 0 Å². The monoisotopic (exact) mass is 977 g/mol. The van der Waals surface area contributed by atoms with Crippen molar-refractivity contribution in [3.05, 3.63) is 153 Å². The first-order valence-corrected chi connectivity index (χ1v) is 24.2. The van der Waals surface area contributed by atoms with E-state index in [0.717, 1.165) is 73.4 Å². The second kappa shape index (κ2) is 23.9. The van der Waals surface area contributed by atoms with E-state index in [1.165, 1.54) is 11.6 Å². The Morgan fingerprint density at radius 2 is 0.789 bits per heavy atom. The molecule has 4 rings (SSSR count). The molecule has 1 unspecified atom stereocenters. The molecular weight excluding hydrogens is 889 g/mol. The minimum atomic E-state index is -0.981. The van der Waals surface area contributed by atoms with Crippen LogP contribution in [-0.2, 0) is 53.3 Å². The molecule has 9 nitrogen and oxygen atoms in total. The fourth-order valence-electron chi connectivity index (χ4n) is 7.70. The molecule has 0 aliphatic heterocycles. The number of carbonyl (C=O) groups is 3. The summed E-state index contributed by atoms with van der Waals surface area (Å²) in [6.45, 7) is 54.2. The Kier molecular flexibility index (Phi) is 21.2. The summed E-state index contributed by atoms with van der Waals surface area (Å²) in [7, 11) is 0.